The Morgan fingerprint density at radius 1 is 1.53 bits per heavy atom. The number of hydrogen-bond donors (Lipinski definition) is 1. The van der Waals surface area contributed by atoms with Gasteiger partial charge in [0, 0.05) is 7.11 Å². The maximum Gasteiger partial charge on any atom is 0.308 e. The van der Waals surface area contributed by atoms with Crippen LogP contribution in [0.25, 0.3) is 0 Å². The van der Waals surface area contributed by atoms with Crippen LogP contribution in [0.2, 0.25) is 0 Å². The van der Waals surface area contributed by atoms with Gasteiger partial charge in [-0.05, 0) is 12.1 Å². The van der Waals surface area contributed by atoms with Gasteiger partial charge < -0.3 is 19.0 Å². The van der Waals surface area contributed by atoms with Crippen molar-refractivity contribution in [2.75, 3.05) is 14.2 Å². The highest BCUT2D eigenvalue weighted by Gasteiger charge is 2.16. The summed E-state index contributed by atoms with van der Waals surface area (Å²) in [5.74, 6) is 0.469. The maximum atomic E-state index is 10.9. The molecule has 1 aromatic heterocycles. The third-order valence-corrected chi connectivity index (χ3v) is 1.89. The highest BCUT2D eigenvalue weighted by Crippen LogP contribution is 2.20. The van der Waals surface area contributed by atoms with Crippen LogP contribution in [0, 0.1) is 0 Å². The number of rotatable bonds is 5. The highest BCUT2D eigenvalue weighted by atomic mass is 16.5. The van der Waals surface area contributed by atoms with Crippen molar-refractivity contribution in [1.82, 2.24) is 0 Å². The summed E-state index contributed by atoms with van der Waals surface area (Å²) in [4.78, 5) is 10.9. The fourth-order valence-corrected chi connectivity index (χ4v) is 1.14. The van der Waals surface area contributed by atoms with Crippen molar-refractivity contribution in [3.63, 3.8) is 0 Å². The first-order chi connectivity index (χ1) is 7.17. The Bertz CT molecular complexity index is 317. The van der Waals surface area contributed by atoms with Crippen LogP contribution in [0.5, 0.6) is 0 Å². The molecule has 0 amide bonds. The van der Waals surface area contributed by atoms with Crippen molar-refractivity contribution in [2.24, 2.45) is 0 Å². The van der Waals surface area contributed by atoms with E-state index in [0.717, 1.165) is 0 Å². The molecule has 0 saturated carbocycles. The van der Waals surface area contributed by atoms with E-state index in [1.165, 1.54) is 7.11 Å². The van der Waals surface area contributed by atoms with Crippen LogP contribution in [0.3, 0.4) is 0 Å². The predicted molar refractivity (Wildman–Crippen MR) is 51.0 cm³/mol. The molecule has 1 aromatic rings. The summed E-state index contributed by atoms with van der Waals surface area (Å²) in [6.45, 7) is 0.338. The molecule has 15 heavy (non-hydrogen) atoms. The number of methoxy groups -OCH3 is 2. The lowest BCUT2D eigenvalue weighted by Crippen LogP contribution is -2.07. The van der Waals surface area contributed by atoms with Crippen molar-refractivity contribution < 1.29 is 23.8 Å². The topological polar surface area (TPSA) is 68.9 Å². The second-order valence-corrected chi connectivity index (χ2v) is 3.03. The Morgan fingerprint density at radius 3 is 2.87 bits per heavy atom. The van der Waals surface area contributed by atoms with Crippen LogP contribution >= 0.6 is 0 Å². The van der Waals surface area contributed by atoms with E-state index in [1.807, 2.05) is 0 Å². The summed E-state index contributed by atoms with van der Waals surface area (Å²) < 4.78 is 14.5. The van der Waals surface area contributed by atoms with E-state index in [2.05, 4.69) is 4.74 Å². The lowest BCUT2D eigenvalue weighted by Gasteiger charge is -2.05. The van der Waals surface area contributed by atoms with Crippen molar-refractivity contribution in [3.05, 3.63) is 23.7 Å². The molecule has 1 atom stereocenters. The van der Waals surface area contributed by atoms with Gasteiger partial charge in [0.05, 0.1) is 13.5 Å². The van der Waals surface area contributed by atoms with Crippen LogP contribution in [0.1, 0.15) is 24.0 Å². The number of furan rings is 1. The third kappa shape index (κ3) is 3.38. The minimum atomic E-state index is -0.969. The average molecular weight is 214 g/mol. The zero-order chi connectivity index (χ0) is 11.3. The van der Waals surface area contributed by atoms with Crippen LogP contribution in [0.4, 0.5) is 0 Å². The number of carbonyl (C=O) groups excluding carboxylic acids is 1. The van der Waals surface area contributed by atoms with Gasteiger partial charge in [-0.25, -0.2) is 0 Å². The summed E-state index contributed by atoms with van der Waals surface area (Å²) >= 11 is 0. The third-order valence-electron chi connectivity index (χ3n) is 1.89. The maximum absolute atomic E-state index is 10.9. The molecular weight excluding hydrogens is 200 g/mol. The van der Waals surface area contributed by atoms with Gasteiger partial charge in [0.2, 0.25) is 0 Å². The van der Waals surface area contributed by atoms with Crippen molar-refractivity contribution >= 4 is 5.97 Å². The number of carbonyl (C=O) groups is 1. The predicted octanol–water partition coefficient (Wildman–Crippen LogP) is 1.02. The van der Waals surface area contributed by atoms with Crippen LogP contribution in [-0.2, 0) is 20.9 Å². The number of ether oxygens (including phenoxy) is 2. The van der Waals surface area contributed by atoms with Gasteiger partial charge in [-0.15, -0.1) is 0 Å². The fourth-order valence-electron chi connectivity index (χ4n) is 1.14. The van der Waals surface area contributed by atoms with Gasteiger partial charge in [-0.3, -0.25) is 4.79 Å². The first kappa shape index (κ1) is 11.7. The first-order valence-electron chi connectivity index (χ1n) is 4.49. The molecule has 5 heteroatoms. The van der Waals surface area contributed by atoms with E-state index in [4.69, 9.17) is 9.15 Å². The summed E-state index contributed by atoms with van der Waals surface area (Å²) in [6, 6.07) is 3.31. The molecule has 1 heterocycles. The molecule has 84 valence electrons. The van der Waals surface area contributed by atoms with E-state index in [-0.39, 0.29) is 6.42 Å². The monoisotopic (exact) mass is 214 g/mol. The Kier molecular flexibility index (Phi) is 4.33. The summed E-state index contributed by atoms with van der Waals surface area (Å²) in [5.41, 5.74) is 0. The number of esters is 1. The minimum absolute atomic E-state index is 0.115. The minimum Gasteiger partial charge on any atom is -0.469 e. The summed E-state index contributed by atoms with van der Waals surface area (Å²) in [6.07, 6.45) is -1.08. The molecule has 0 radical (unpaired) electrons. The van der Waals surface area contributed by atoms with Crippen LogP contribution < -0.4 is 0 Å². The largest absolute Gasteiger partial charge is 0.469 e. The van der Waals surface area contributed by atoms with Crippen molar-refractivity contribution in [1.29, 1.82) is 0 Å². The van der Waals surface area contributed by atoms with Gasteiger partial charge >= 0.3 is 5.97 Å². The van der Waals surface area contributed by atoms with Gasteiger partial charge in [0.1, 0.15) is 24.2 Å². The van der Waals surface area contributed by atoms with E-state index in [1.54, 1.807) is 19.2 Å². The van der Waals surface area contributed by atoms with E-state index < -0.39 is 12.1 Å². The molecule has 0 aliphatic carbocycles. The quantitative estimate of drug-likeness (QED) is 0.741. The molecular formula is C10H14O5. The summed E-state index contributed by atoms with van der Waals surface area (Å²) in [5, 5.41) is 9.57. The Hall–Kier alpha value is -1.33. The van der Waals surface area contributed by atoms with Gasteiger partial charge in [-0.2, -0.15) is 0 Å². The molecule has 1 N–H and O–H groups in total. The van der Waals surface area contributed by atoms with Crippen LogP contribution in [0.15, 0.2) is 16.5 Å². The first-order valence-corrected chi connectivity index (χ1v) is 4.49. The molecule has 0 aliphatic heterocycles. The standard InChI is InChI=1S/C10H14O5/c1-13-6-7-3-4-9(15-7)8(11)5-10(12)14-2/h3-4,8,11H,5-6H2,1-2H3/t8-/m1/s1. The van der Waals surface area contributed by atoms with Gasteiger partial charge in [-0.1, -0.05) is 0 Å². The zero-order valence-electron chi connectivity index (χ0n) is 8.73. The second kappa shape index (κ2) is 5.53. The number of aliphatic hydroxyl groups is 1. The van der Waals surface area contributed by atoms with E-state index in [9.17, 15) is 9.90 Å². The molecule has 0 spiro atoms. The molecule has 0 bridgehead atoms. The van der Waals surface area contributed by atoms with E-state index in [0.29, 0.717) is 18.1 Å². The molecule has 0 aliphatic rings. The highest BCUT2D eigenvalue weighted by molar-refractivity contribution is 5.69. The molecule has 0 unspecified atom stereocenters. The normalized spacial score (nSPS) is 12.5. The second-order valence-electron chi connectivity index (χ2n) is 3.03. The molecule has 1 rings (SSSR count). The van der Waals surface area contributed by atoms with Crippen molar-refractivity contribution in [2.45, 2.75) is 19.1 Å². The molecule has 0 fully saturated rings. The van der Waals surface area contributed by atoms with E-state index >= 15 is 0 Å². The van der Waals surface area contributed by atoms with Gasteiger partial charge in [0.25, 0.3) is 0 Å². The number of aliphatic hydroxyl groups excluding tert-OH is 1. The fraction of sp³-hybridized carbons (Fsp3) is 0.500. The lowest BCUT2D eigenvalue weighted by atomic mass is 10.2. The smallest absolute Gasteiger partial charge is 0.308 e. The lowest BCUT2D eigenvalue weighted by molar-refractivity contribution is -0.143. The van der Waals surface area contributed by atoms with Gasteiger partial charge in [0.15, 0.2) is 0 Å². The Labute approximate surface area is 87.6 Å². The Morgan fingerprint density at radius 2 is 2.27 bits per heavy atom. The molecule has 0 saturated heterocycles. The SMILES string of the molecule is COCc1ccc([C@H](O)CC(=O)OC)o1. The average Bonchev–Trinajstić information content (AvgIpc) is 2.67. The summed E-state index contributed by atoms with van der Waals surface area (Å²) in [7, 11) is 2.82. The molecule has 0 aromatic carbocycles. The van der Waals surface area contributed by atoms with Crippen molar-refractivity contribution in [3.8, 4) is 0 Å². The molecule has 5 nitrogen and oxygen atoms in total. The zero-order valence-corrected chi connectivity index (χ0v) is 8.73. The van der Waals surface area contributed by atoms with Crippen LogP contribution in [-0.4, -0.2) is 25.3 Å². The Balaban J connectivity index is 2.57. The number of hydrogen-bond acceptors (Lipinski definition) is 5.